The SMILES string of the molecule is Cc1ccccc1OC[C@@H](O)CN(C[C@@H](O)c1ccc([N+](=O)[O-])cc1)C[C@@H](O)c1ccc([N+](=O)[O-])cc1. The molecule has 0 saturated heterocycles. The Kier molecular flexibility index (Phi) is 9.64. The van der Waals surface area contributed by atoms with Crippen LogP contribution in [0.1, 0.15) is 28.9 Å². The van der Waals surface area contributed by atoms with Crippen molar-refractivity contribution in [2.75, 3.05) is 26.2 Å². The molecular weight excluding hydrogens is 482 g/mol. The first-order valence-corrected chi connectivity index (χ1v) is 11.6. The van der Waals surface area contributed by atoms with E-state index in [0.717, 1.165) is 5.56 Å². The first-order chi connectivity index (χ1) is 17.6. The van der Waals surface area contributed by atoms with Gasteiger partial charge in [-0.05, 0) is 53.9 Å². The number of nitro benzene ring substituents is 2. The molecule has 0 aliphatic heterocycles. The molecule has 0 aliphatic rings. The molecule has 0 amide bonds. The maximum Gasteiger partial charge on any atom is 0.269 e. The third kappa shape index (κ3) is 8.05. The summed E-state index contributed by atoms with van der Waals surface area (Å²) in [6.07, 6.45) is -3.09. The van der Waals surface area contributed by atoms with E-state index >= 15 is 0 Å². The fourth-order valence-corrected chi connectivity index (χ4v) is 3.82. The molecular formula is C26H29N3O8. The molecule has 0 saturated carbocycles. The summed E-state index contributed by atoms with van der Waals surface area (Å²) in [6, 6.07) is 18.3. The van der Waals surface area contributed by atoms with Crippen molar-refractivity contribution in [2.24, 2.45) is 0 Å². The van der Waals surface area contributed by atoms with Crippen LogP contribution in [0.25, 0.3) is 0 Å². The Morgan fingerprint density at radius 1 is 0.757 bits per heavy atom. The average molecular weight is 512 g/mol. The van der Waals surface area contributed by atoms with Crippen LogP contribution in [0.4, 0.5) is 11.4 Å². The van der Waals surface area contributed by atoms with E-state index < -0.39 is 28.2 Å². The molecule has 11 nitrogen and oxygen atoms in total. The van der Waals surface area contributed by atoms with Crippen LogP contribution in [-0.4, -0.2) is 62.4 Å². The summed E-state index contributed by atoms with van der Waals surface area (Å²) < 4.78 is 5.72. The fourth-order valence-electron chi connectivity index (χ4n) is 3.82. The van der Waals surface area contributed by atoms with Gasteiger partial charge in [-0.25, -0.2) is 0 Å². The molecule has 0 aliphatic carbocycles. The highest BCUT2D eigenvalue weighted by atomic mass is 16.6. The Labute approximate surface area is 213 Å². The van der Waals surface area contributed by atoms with Gasteiger partial charge in [-0.15, -0.1) is 0 Å². The van der Waals surface area contributed by atoms with Crippen LogP contribution in [0, 0.1) is 27.2 Å². The Hall–Kier alpha value is -3.90. The summed E-state index contributed by atoms with van der Waals surface area (Å²) in [5.74, 6) is 0.630. The maximum absolute atomic E-state index is 10.9. The second-order valence-corrected chi connectivity index (χ2v) is 8.68. The zero-order valence-electron chi connectivity index (χ0n) is 20.2. The van der Waals surface area contributed by atoms with Crippen LogP contribution in [0.3, 0.4) is 0 Å². The molecule has 0 radical (unpaired) electrons. The highest BCUT2D eigenvalue weighted by Crippen LogP contribution is 2.23. The number of nitro groups is 2. The Morgan fingerprint density at radius 3 is 1.65 bits per heavy atom. The number of para-hydroxylation sites is 1. The molecule has 37 heavy (non-hydrogen) atoms. The van der Waals surface area contributed by atoms with Crippen molar-refractivity contribution in [1.29, 1.82) is 0 Å². The maximum atomic E-state index is 10.9. The highest BCUT2D eigenvalue weighted by Gasteiger charge is 2.22. The molecule has 11 heteroatoms. The normalized spacial score (nSPS) is 13.6. The van der Waals surface area contributed by atoms with Crippen molar-refractivity contribution in [3.63, 3.8) is 0 Å². The monoisotopic (exact) mass is 511 g/mol. The molecule has 0 spiro atoms. The zero-order chi connectivity index (χ0) is 26.9. The van der Waals surface area contributed by atoms with Gasteiger partial charge in [0.1, 0.15) is 18.5 Å². The van der Waals surface area contributed by atoms with Crippen molar-refractivity contribution >= 4 is 11.4 Å². The topological polar surface area (TPSA) is 159 Å². The van der Waals surface area contributed by atoms with Crippen molar-refractivity contribution in [3.05, 3.63) is 110 Å². The first-order valence-electron chi connectivity index (χ1n) is 11.6. The minimum absolute atomic E-state index is 0.00325. The predicted molar refractivity (Wildman–Crippen MR) is 135 cm³/mol. The van der Waals surface area contributed by atoms with Gasteiger partial charge in [0.25, 0.3) is 11.4 Å². The van der Waals surface area contributed by atoms with Crippen LogP contribution < -0.4 is 4.74 Å². The van der Waals surface area contributed by atoms with E-state index in [9.17, 15) is 35.5 Å². The lowest BCUT2D eigenvalue weighted by Crippen LogP contribution is -2.40. The molecule has 3 aromatic carbocycles. The molecule has 3 atom stereocenters. The van der Waals surface area contributed by atoms with Gasteiger partial charge < -0.3 is 20.1 Å². The third-order valence-corrected chi connectivity index (χ3v) is 5.83. The van der Waals surface area contributed by atoms with E-state index in [1.54, 1.807) is 11.0 Å². The Balaban J connectivity index is 1.71. The number of non-ortho nitro benzene ring substituents is 2. The molecule has 3 N–H and O–H groups in total. The number of hydrogen-bond donors (Lipinski definition) is 3. The second-order valence-electron chi connectivity index (χ2n) is 8.68. The van der Waals surface area contributed by atoms with Gasteiger partial charge in [0, 0.05) is 43.9 Å². The first kappa shape index (κ1) is 27.7. The van der Waals surface area contributed by atoms with E-state index in [1.807, 2.05) is 25.1 Å². The predicted octanol–water partition coefficient (Wildman–Crippen LogP) is 3.32. The van der Waals surface area contributed by atoms with Gasteiger partial charge in [0.15, 0.2) is 0 Å². The lowest BCUT2D eigenvalue weighted by atomic mass is 10.1. The molecule has 0 bridgehead atoms. The number of aliphatic hydroxyl groups is 3. The molecule has 0 aromatic heterocycles. The Bertz CT molecular complexity index is 1120. The number of aliphatic hydroxyl groups excluding tert-OH is 3. The highest BCUT2D eigenvalue weighted by molar-refractivity contribution is 5.35. The summed E-state index contributed by atoms with van der Waals surface area (Å²) in [5.41, 5.74) is 1.57. The number of nitrogens with zero attached hydrogens (tertiary/aromatic N) is 3. The van der Waals surface area contributed by atoms with Crippen LogP contribution in [0.2, 0.25) is 0 Å². The second kappa shape index (κ2) is 12.9. The summed E-state index contributed by atoms with van der Waals surface area (Å²) in [7, 11) is 0. The number of rotatable bonds is 13. The van der Waals surface area contributed by atoms with Gasteiger partial charge in [0.05, 0.1) is 22.1 Å². The van der Waals surface area contributed by atoms with Gasteiger partial charge >= 0.3 is 0 Å². The van der Waals surface area contributed by atoms with E-state index in [1.165, 1.54) is 48.5 Å². The average Bonchev–Trinajstić information content (AvgIpc) is 2.88. The molecule has 196 valence electrons. The third-order valence-electron chi connectivity index (χ3n) is 5.83. The van der Waals surface area contributed by atoms with Gasteiger partial charge in [-0.3, -0.25) is 25.1 Å². The van der Waals surface area contributed by atoms with Crippen molar-refractivity contribution in [2.45, 2.75) is 25.2 Å². The van der Waals surface area contributed by atoms with E-state index in [2.05, 4.69) is 0 Å². The molecule has 3 aromatic rings. The summed E-state index contributed by atoms with van der Waals surface area (Å²) >= 11 is 0. The number of benzene rings is 3. The van der Waals surface area contributed by atoms with E-state index in [4.69, 9.17) is 4.74 Å². The van der Waals surface area contributed by atoms with Crippen LogP contribution in [0.5, 0.6) is 5.75 Å². The van der Waals surface area contributed by atoms with E-state index in [-0.39, 0.29) is 37.6 Å². The smallest absolute Gasteiger partial charge is 0.269 e. The number of hydrogen-bond acceptors (Lipinski definition) is 9. The molecule has 0 fully saturated rings. The quantitative estimate of drug-likeness (QED) is 0.231. The molecule has 3 rings (SSSR count). The lowest BCUT2D eigenvalue weighted by molar-refractivity contribution is -0.385. The van der Waals surface area contributed by atoms with Crippen molar-refractivity contribution < 1.29 is 29.9 Å². The van der Waals surface area contributed by atoms with Gasteiger partial charge in [-0.2, -0.15) is 0 Å². The standard InChI is InChI=1S/C26H29N3O8/c1-18-4-2-3-5-26(18)37-17-23(30)14-27(15-24(31)19-6-10-21(11-7-19)28(33)34)16-25(32)20-8-12-22(13-9-20)29(35)36/h2-13,23-25,30-32H,14-17H2,1H3/t23-,24+,25+/m0/s1. The summed E-state index contributed by atoms with van der Waals surface area (Å²) in [5, 5.41) is 54.0. The number of ether oxygens (including phenoxy) is 1. The van der Waals surface area contributed by atoms with Crippen LogP contribution >= 0.6 is 0 Å². The van der Waals surface area contributed by atoms with Crippen LogP contribution in [-0.2, 0) is 0 Å². The Morgan fingerprint density at radius 2 is 1.22 bits per heavy atom. The van der Waals surface area contributed by atoms with Crippen molar-refractivity contribution in [1.82, 2.24) is 4.90 Å². The summed E-state index contributed by atoms with van der Waals surface area (Å²) in [4.78, 5) is 22.4. The zero-order valence-corrected chi connectivity index (χ0v) is 20.2. The molecule has 0 unspecified atom stereocenters. The lowest BCUT2D eigenvalue weighted by Gasteiger charge is -2.29. The van der Waals surface area contributed by atoms with E-state index in [0.29, 0.717) is 16.9 Å². The fraction of sp³-hybridized carbons (Fsp3) is 0.308. The van der Waals surface area contributed by atoms with Gasteiger partial charge in [0.2, 0.25) is 0 Å². The largest absolute Gasteiger partial charge is 0.491 e. The van der Waals surface area contributed by atoms with Gasteiger partial charge in [-0.1, -0.05) is 18.2 Å². The summed E-state index contributed by atoms with van der Waals surface area (Å²) in [6.45, 7) is 1.91. The van der Waals surface area contributed by atoms with Crippen molar-refractivity contribution in [3.8, 4) is 5.75 Å². The minimum atomic E-state index is -1.06. The van der Waals surface area contributed by atoms with Crippen LogP contribution in [0.15, 0.2) is 72.8 Å². The number of aryl methyl sites for hydroxylation is 1. The molecule has 0 heterocycles. The minimum Gasteiger partial charge on any atom is -0.491 e.